The van der Waals surface area contributed by atoms with E-state index in [1.165, 1.54) is 47.0 Å². The van der Waals surface area contributed by atoms with E-state index in [4.69, 9.17) is 9.47 Å². The van der Waals surface area contributed by atoms with Gasteiger partial charge in [0.25, 0.3) is 0 Å². The molecule has 0 amide bonds. The summed E-state index contributed by atoms with van der Waals surface area (Å²) in [5, 5.41) is 12.1. The summed E-state index contributed by atoms with van der Waals surface area (Å²) < 4.78 is 13.2. The smallest absolute Gasteiger partial charge is 0.169 e. The topological polar surface area (TPSA) is 71.5 Å². The molecule has 8 rings (SSSR count). The molecule has 9 atom stereocenters. The molecule has 2 aliphatic heterocycles. The number of ether oxygens (including phenoxy) is 2. The summed E-state index contributed by atoms with van der Waals surface area (Å²) in [7, 11) is 0. The molecular formula is C37H51NO4. The quantitative estimate of drug-likeness (QED) is 0.376. The van der Waals surface area contributed by atoms with E-state index in [0.717, 1.165) is 37.7 Å². The van der Waals surface area contributed by atoms with Gasteiger partial charge in [0.15, 0.2) is 5.78 Å². The molecule has 42 heavy (non-hydrogen) atoms. The fraction of sp³-hybridized carbons (Fsp3) is 0.757. The minimum Gasteiger partial charge on any atom is -0.388 e. The molecule has 0 spiro atoms. The first kappa shape index (κ1) is 27.8. The first-order chi connectivity index (χ1) is 19.6. The van der Waals surface area contributed by atoms with Crippen LogP contribution in [-0.4, -0.2) is 44.9 Å². The third kappa shape index (κ3) is 3.34. The number of aromatic amines is 1. The average molecular weight is 574 g/mol. The van der Waals surface area contributed by atoms with Crippen molar-refractivity contribution in [3.63, 3.8) is 0 Å². The van der Waals surface area contributed by atoms with Gasteiger partial charge in [-0.3, -0.25) is 4.79 Å². The Morgan fingerprint density at radius 1 is 0.905 bits per heavy atom. The van der Waals surface area contributed by atoms with Gasteiger partial charge in [-0.25, -0.2) is 0 Å². The van der Waals surface area contributed by atoms with Crippen molar-refractivity contribution in [3.05, 3.63) is 34.5 Å². The number of aliphatic hydroxyl groups is 1. The lowest BCUT2D eigenvalue weighted by Gasteiger charge is -2.63. The highest BCUT2D eigenvalue weighted by atomic mass is 16.5. The Morgan fingerprint density at radius 2 is 1.67 bits per heavy atom. The zero-order valence-corrected chi connectivity index (χ0v) is 27.0. The number of ketones is 1. The van der Waals surface area contributed by atoms with E-state index in [-0.39, 0.29) is 46.3 Å². The highest BCUT2D eigenvalue weighted by Crippen LogP contribution is 2.69. The van der Waals surface area contributed by atoms with Crippen molar-refractivity contribution in [2.75, 3.05) is 0 Å². The first-order valence-corrected chi connectivity index (χ1v) is 16.9. The highest BCUT2D eigenvalue weighted by Gasteiger charge is 2.65. The van der Waals surface area contributed by atoms with Crippen molar-refractivity contribution >= 4 is 16.7 Å². The van der Waals surface area contributed by atoms with Crippen LogP contribution in [0.3, 0.4) is 0 Å². The third-order valence-electron chi connectivity index (χ3n) is 14.2. The van der Waals surface area contributed by atoms with E-state index in [0.29, 0.717) is 17.8 Å². The molecule has 5 heteroatoms. The number of nitrogens with one attached hydrogen (secondary N) is 1. The van der Waals surface area contributed by atoms with Gasteiger partial charge in [0.2, 0.25) is 0 Å². The molecule has 6 aliphatic rings. The van der Waals surface area contributed by atoms with Crippen molar-refractivity contribution in [2.24, 2.45) is 35.0 Å². The predicted octanol–water partition coefficient (Wildman–Crippen LogP) is 7.30. The Balaban J connectivity index is 1.20. The van der Waals surface area contributed by atoms with E-state index in [1.807, 2.05) is 13.8 Å². The monoisotopic (exact) mass is 573 g/mol. The number of rotatable bonds is 1. The van der Waals surface area contributed by atoms with E-state index in [1.54, 1.807) is 0 Å². The van der Waals surface area contributed by atoms with Gasteiger partial charge in [0.05, 0.1) is 34.9 Å². The number of aromatic nitrogens is 1. The predicted molar refractivity (Wildman–Crippen MR) is 165 cm³/mol. The number of carbonyl (C=O) groups is 1. The largest absolute Gasteiger partial charge is 0.388 e. The minimum atomic E-state index is -0.782. The van der Waals surface area contributed by atoms with Crippen LogP contribution in [0, 0.1) is 35.0 Å². The van der Waals surface area contributed by atoms with Crippen LogP contribution in [0.2, 0.25) is 0 Å². The maximum absolute atomic E-state index is 14.1. The Morgan fingerprint density at radius 3 is 2.40 bits per heavy atom. The van der Waals surface area contributed by atoms with Crippen LogP contribution in [-0.2, 0) is 27.7 Å². The SMILES string of the molecule is CC(C)(O)[C@@H]1CCC2C(CC[C@@]3(C)C2CCC2Cc4c([nH]c5ccc6c(c45)C[C@H]4[C@@H](C6=O)C(C)(C)OC4(C)C)[C@@]23C)O1. The maximum atomic E-state index is 14.1. The number of hydrogen-bond donors (Lipinski definition) is 2. The Hall–Kier alpha value is -1.69. The van der Waals surface area contributed by atoms with Crippen molar-refractivity contribution in [1.82, 2.24) is 4.98 Å². The molecular weight excluding hydrogens is 522 g/mol. The fourth-order valence-corrected chi connectivity index (χ4v) is 12.1. The molecule has 2 saturated carbocycles. The zero-order valence-electron chi connectivity index (χ0n) is 27.0. The molecule has 1 aromatic heterocycles. The second-order valence-electron chi connectivity index (χ2n) is 17.3. The van der Waals surface area contributed by atoms with Crippen LogP contribution < -0.4 is 0 Å². The lowest BCUT2D eigenvalue weighted by atomic mass is 9.43. The summed E-state index contributed by atoms with van der Waals surface area (Å²) in [6.07, 6.45) is 9.13. The van der Waals surface area contributed by atoms with Gasteiger partial charge in [0.1, 0.15) is 0 Å². The van der Waals surface area contributed by atoms with Crippen LogP contribution in [0.4, 0.5) is 0 Å². The Bertz CT molecular complexity index is 1490. The number of carbonyl (C=O) groups excluding carboxylic acids is 1. The second-order valence-corrected chi connectivity index (χ2v) is 17.3. The average Bonchev–Trinajstić information content (AvgIpc) is 3.47. The van der Waals surface area contributed by atoms with Crippen LogP contribution >= 0.6 is 0 Å². The normalized spacial score (nSPS) is 43.3. The molecule has 5 nitrogen and oxygen atoms in total. The minimum absolute atomic E-state index is 0.0591. The Labute approximate surface area is 251 Å². The third-order valence-corrected chi connectivity index (χ3v) is 14.2. The molecule has 0 radical (unpaired) electrons. The molecule has 4 fully saturated rings. The molecule has 228 valence electrons. The van der Waals surface area contributed by atoms with Gasteiger partial charge in [-0.2, -0.15) is 0 Å². The summed E-state index contributed by atoms with van der Waals surface area (Å²) in [6.45, 7) is 17.6. The van der Waals surface area contributed by atoms with Gasteiger partial charge in [-0.1, -0.05) is 13.8 Å². The summed E-state index contributed by atoms with van der Waals surface area (Å²) >= 11 is 0. The molecule has 4 aliphatic carbocycles. The number of hydrogen-bond acceptors (Lipinski definition) is 4. The van der Waals surface area contributed by atoms with Gasteiger partial charge in [-0.15, -0.1) is 0 Å². The maximum Gasteiger partial charge on any atom is 0.169 e. The van der Waals surface area contributed by atoms with E-state index >= 15 is 0 Å². The molecule has 3 heterocycles. The Kier molecular flexibility index (Phi) is 5.51. The van der Waals surface area contributed by atoms with Gasteiger partial charge in [-0.05, 0) is 139 Å². The van der Waals surface area contributed by atoms with Crippen molar-refractivity contribution < 1.29 is 19.4 Å². The molecule has 2 saturated heterocycles. The van der Waals surface area contributed by atoms with Gasteiger partial charge < -0.3 is 19.6 Å². The number of Topliss-reactive ketones (excluding diaryl/α,β-unsaturated/α-hetero) is 1. The van der Waals surface area contributed by atoms with Gasteiger partial charge >= 0.3 is 0 Å². The van der Waals surface area contributed by atoms with E-state index in [9.17, 15) is 9.90 Å². The summed E-state index contributed by atoms with van der Waals surface area (Å²) in [4.78, 5) is 18.1. The fourth-order valence-electron chi connectivity index (χ4n) is 12.1. The molecule has 0 bridgehead atoms. The second kappa shape index (κ2) is 8.31. The standard InChI is InChI=1S/C37H51NO4/c1-33(2,40)28-14-11-21-24-12-9-19-17-23-29-22-18-25-30(35(5,6)42-34(25,3)4)31(39)20(22)10-13-26(29)38-32(23)37(19,8)36(24,7)16-15-27(21)41-28/h10,13,19,21,24-25,27-28,30,38,40H,9,11-12,14-18H2,1-8H3/t19?,21?,24?,25-,27?,28-,30-,36-,37+/m0/s1. The van der Waals surface area contributed by atoms with Crippen molar-refractivity contribution in [2.45, 2.75) is 141 Å². The highest BCUT2D eigenvalue weighted by molar-refractivity contribution is 6.06. The van der Waals surface area contributed by atoms with Gasteiger partial charge in [0, 0.05) is 33.5 Å². The van der Waals surface area contributed by atoms with Crippen molar-refractivity contribution in [1.29, 1.82) is 0 Å². The molecule has 2 aromatic rings. The molecule has 1 aromatic carbocycles. The van der Waals surface area contributed by atoms with Crippen LogP contribution in [0.1, 0.15) is 121 Å². The van der Waals surface area contributed by atoms with Crippen LogP contribution in [0.5, 0.6) is 0 Å². The van der Waals surface area contributed by atoms with E-state index in [2.05, 4.69) is 58.7 Å². The molecule has 2 N–H and O–H groups in total. The summed E-state index contributed by atoms with van der Waals surface area (Å²) in [5.74, 6) is 2.22. The number of benzene rings is 1. The zero-order chi connectivity index (χ0) is 29.8. The van der Waals surface area contributed by atoms with Crippen molar-refractivity contribution in [3.8, 4) is 0 Å². The molecule has 4 unspecified atom stereocenters. The number of fused-ring (bicyclic) bond motifs is 12. The first-order valence-electron chi connectivity index (χ1n) is 16.9. The van der Waals surface area contributed by atoms with E-state index < -0.39 is 11.2 Å². The number of H-pyrrole nitrogens is 1. The lowest BCUT2D eigenvalue weighted by molar-refractivity contribution is -0.210. The van der Waals surface area contributed by atoms with Crippen LogP contribution in [0.15, 0.2) is 12.1 Å². The summed E-state index contributed by atoms with van der Waals surface area (Å²) in [6, 6.07) is 4.31. The summed E-state index contributed by atoms with van der Waals surface area (Å²) in [5.41, 5.74) is 5.11. The van der Waals surface area contributed by atoms with Crippen LogP contribution in [0.25, 0.3) is 10.9 Å². The lowest BCUT2D eigenvalue weighted by Crippen LogP contribution is -2.61.